The number of hydrogen-bond donors (Lipinski definition) is 6. The number of rotatable bonds is 0. The molecule has 8 heteroatoms. The number of ketones is 1. The first-order valence-corrected chi connectivity index (χ1v) is 5.19. The van der Waals surface area contributed by atoms with Gasteiger partial charge in [0.05, 0.1) is 0 Å². The molecule has 3 unspecified atom stereocenters. The molecule has 100 valence electrons. The normalized spacial score (nSPS) is 39.4. The summed E-state index contributed by atoms with van der Waals surface area (Å²) in [5.41, 5.74) is -0.494. The molecule has 6 N–H and O–H groups in total. The van der Waals surface area contributed by atoms with E-state index in [9.17, 15) is 35.5 Å². The Morgan fingerprint density at radius 2 is 1.94 bits per heavy atom. The Morgan fingerprint density at radius 1 is 1.39 bits per heavy atom. The van der Waals surface area contributed by atoms with Crippen molar-refractivity contribution >= 4 is 5.78 Å². The van der Waals surface area contributed by atoms with Crippen LogP contribution in [0.2, 0.25) is 0 Å². The van der Waals surface area contributed by atoms with Gasteiger partial charge in [0.25, 0.3) is 12.0 Å². The molecular formula is C10H14NO7+. The molecule has 0 aromatic rings. The van der Waals surface area contributed by atoms with Crippen molar-refractivity contribution in [2.75, 3.05) is 7.05 Å². The zero-order valence-corrected chi connectivity index (χ0v) is 9.48. The first-order chi connectivity index (χ1) is 8.11. The zero-order chi connectivity index (χ0) is 13.9. The van der Waals surface area contributed by atoms with Gasteiger partial charge in [0.1, 0.15) is 24.3 Å². The van der Waals surface area contributed by atoms with Crippen LogP contribution in [0.1, 0.15) is 6.42 Å². The molecule has 1 aliphatic carbocycles. The molecule has 0 amide bonds. The highest BCUT2D eigenvalue weighted by atomic mass is 16.6. The van der Waals surface area contributed by atoms with Crippen LogP contribution in [-0.4, -0.2) is 60.2 Å². The van der Waals surface area contributed by atoms with Crippen LogP contribution in [0.25, 0.3) is 0 Å². The van der Waals surface area contributed by atoms with Gasteiger partial charge < -0.3 is 25.5 Å². The fourth-order valence-corrected chi connectivity index (χ4v) is 2.31. The maximum absolute atomic E-state index is 11.7. The van der Waals surface area contributed by atoms with Crippen LogP contribution in [0.4, 0.5) is 0 Å². The number of nitrogens with zero attached hydrogens (tertiary/aromatic N) is 1. The number of carbonyl (C=O) groups excluding carboxylic acids is 1. The van der Waals surface area contributed by atoms with Gasteiger partial charge in [-0.05, 0) is 6.08 Å². The van der Waals surface area contributed by atoms with Gasteiger partial charge in [-0.25, -0.2) is 5.21 Å². The summed E-state index contributed by atoms with van der Waals surface area (Å²) in [7, 11) is 0.886. The van der Waals surface area contributed by atoms with Crippen molar-refractivity contribution in [3.8, 4) is 0 Å². The average molecular weight is 260 g/mol. The molecule has 0 aromatic carbocycles. The van der Waals surface area contributed by atoms with Crippen molar-refractivity contribution in [1.82, 2.24) is 0 Å². The molecule has 2 aliphatic rings. The number of aliphatic hydroxyl groups is 5. The van der Waals surface area contributed by atoms with E-state index in [1.54, 1.807) is 0 Å². The van der Waals surface area contributed by atoms with Crippen molar-refractivity contribution in [2.45, 2.75) is 18.4 Å². The maximum Gasteiger partial charge on any atom is 0.332 e. The van der Waals surface area contributed by atoms with Crippen molar-refractivity contribution in [2.24, 2.45) is 5.92 Å². The van der Waals surface area contributed by atoms with Crippen molar-refractivity contribution in [1.29, 1.82) is 0 Å². The number of allylic oxidation sites excluding steroid dienone is 2. The minimum Gasteiger partial charge on any atom is -0.508 e. The molecule has 3 atom stereocenters. The van der Waals surface area contributed by atoms with Crippen LogP contribution < -0.4 is 0 Å². The Labute approximate surface area is 101 Å². The number of quaternary nitrogens is 1. The van der Waals surface area contributed by atoms with E-state index in [0.717, 1.165) is 13.1 Å². The third-order valence-corrected chi connectivity index (χ3v) is 3.33. The summed E-state index contributed by atoms with van der Waals surface area (Å²) in [5, 5.41) is 58.5. The molecule has 0 saturated carbocycles. The molecule has 0 aromatic heterocycles. The lowest BCUT2D eigenvalue weighted by molar-refractivity contribution is -1.11. The standard InChI is InChI=1S/C10H13NO7/c1-11(18)8(14)6-4(12)2-3-5(13)7(6)10(16,17)9(11)15/h2,7,9,15-18H,3H2,1H3,(H-,12,14)/p+1. The van der Waals surface area contributed by atoms with Gasteiger partial charge in [-0.2, -0.15) is 0 Å². The van der Waals surface area contributed by atoms with Crippen LogP contribution in [0.5, 0.6) is 0 Å². The van der Waals surface area contributed by atoms with E-state index >= 15 is 0 Å². The van der Waals surface area contributed by atoms with Crippen molar-refractivity contribution in [3.05, 3.63) is 23.3 Å². The van der Waals surface area contributed by atoms with E-state index in [1.165, 1.54) is 0 Å². The fourth-order valence-electron chi connectivity index (χ4n) is 2.31. The Balaban J connectivity index is 2.74. The van der Waals surface area contributed by atoms with E-state index in [2.05, 4.69) is 0 Å². The number of Topliss-reactive ketones (excluding diaryl/α,β-unsaturated/α-hetero) is 1. The minimum atomic E-state index is -3.00. The van der Waals surface area contributed by atoms with E-state index < -0.39 is 45.6 Å². The number of aliphatic hydroxyl groups excluding tert-OH is 3. The molecule has 1 heterocycles. The predicted octanol–water partition coefficient (Wildman–Crippen LogP) is -1.36. The summed E-state index contributed by atoms with van der Waals surface area (Å²) in [6.45, 7) is 0. The lowest BCUT2D eigenvalue weighted by Gasteiger charge is -2.44. The second-order valence-electron chi connectivity index (χ2n) is 4.61. The molecular weight excluding hydrogens is 246 g/mol. The van der Waals surface area contributed by atoms with Crippen LogP contribution in [0.3, 0.4) is 0 Å². The van der Waals surface area contributed by atoms with Crippen LogP contribution in [0.15, 0.2) is 23.3 Å². The third kappa shape index (κ3) is 1.41. The van der Waals surface area contributed by atoms with Crippen LogP contribution in [0, 0.1) is 5.92 Å². The minimum absolute atomic E-state index is 0.266. The maximum atomic E-state index is 11.7. The molecule has 2 rings (SSSR count). The highest BCUT2D eigenvalue weighted by Gasteiger charge is 2.64. The summed E-state index contributed by atoms with van der Waals surface area (Å²) < 4.78 is -1.66. The Kier molecular flexibility index (Phi) is 2.55. The smallest absolute Gasteiger partial charge is 0.332 e. The topological polar surface area (TPSA) is 138 Å². The molecule has 0 radical (unpaired) electrons. The highest BCUT2D eigenvalue weighted by molar-refractivity contribution is 5.89. The quantitative estimate of drug-likeness (QED) is 0.233. The number of carbonyl (C=O) groups is 1. The molecule has 0 saturated heterocycles. The molecule has 18 heavy (non-hydrogen) atoms. The van der Waals surface area contributed by atoms with E-state index in [0.29, 0.717) is 0 Å². The average Bonchev–Trinajstić information content (AvgIpc) is 2.27. The van der Waals surface area contributed by atoms with Crippen LogP contribution in [-0.2, 0) is 4.79 Å². The molecule has 0 fully saturated rings. The first kappa shape index (κ1) is 13.0. The Morgan fingerprint density at radius 3 is 2.50 bits per heavy atom. The fraction of sp³-hybridized carbons (Fsp3) is 0.500. The summed E-state index contributed by atoms with van der Waals surface area (Å²) in [6.07, 6.45) is -1.43. The lowest BCUT2D eigenvalue weighted by atomic mass is 9.77. The summed E-state index contributed by atoms with van der Waals surface area (Å²) >= 11 is 0. The Hall–Kier alpha value is -1.45. The second kappa shape index (κ2) is 3.53. The largest absolute Gasteiger partial charge is 0.508 e. The third-order valence-electron chi connectivity index (χ3n) is 3.33. The van der Waals surface area contributed by atoms with Gasteiger partial charge in [0, 0.05) is 6.42 Å². The Bertz CT molecular complexity index is 477. The van der Waals surface area contributed by atoms with E-state index in [1.807, 2.05) is 0 Å². The number of hydrogen-bond acceptors (Lipinski definition) is 7. The molecule has 8 nitrogen and oxygen atoms in total. The van der Waals surface area contributed by atoms with Gasteiger partial charge in [-0.3, -0.25) is 4.79 Å². The summed E-state index contributed by atoms with van der Waals surface area (Å²) in [5.74, 6) is -6.85. The van der Waals surface area contributed by atoms with Crippen molar-refractivity contribution in [3.63, 3.8) is 0 Å². The van der Waals surface area contributed by atoms with Gasteiger partial charge in [0.15, 0.2) is 5.78 Å². The molecule has 1 aliphatic heterocycles. The van der Waals surface area contributed by atoms with Gasteiger partial charge in [0.2, 0.25) is 0 Å². The molecule has 0 bridgehead atoms. The summed E-state index contributed by atoms with van der Waals surface area (Å²) in [4.78, 5) is 11.7. The first-order valence-electron chi connectivity index (χ1n) is 5.19. The number of fused-ring (bicyclic) bond motifs is 1. The lowest BCUT2D eigenvalue weighted by Crippen LogP contribution is -2.68. The van der Waals surface area contributed by atoms with Crippen LogP contribution >= 0.6 is 0 Å². The number of likely N-dealkylation sites (N-methyl/N-ethyl adjacent to an activating group) is 1. The highest BCUT2D eigenvalue weighted by Crippen LogP contribution is 2.44. The summed E-state index contributed by atoms with van der Waals surface area (Å²) in [6, 6.07) is 0. The molecule has 0 spiro atoms. The van der Waals surface area contributed by atoms with Crippen molar-refractivity contribution < 1.29 is 40.2 Å². The number of hydroxylamine groups is 3. The predicted molar refractivity (Wildman–Crippen MR) is 54.6 cm³/mol. The second-order valence-corrected chi connectivity index (χ2v) is 4.61. The van der Waals surface area contributed by atoms with Gasteiger partial charge in [-0.1, -0.05) is 4.65 Å². The van der Waals surface area contributed by atoms with E-state index in [-0.39, 0.29) is 6.42 Å². The SMILES string of the molecule is C[N+]1(O)C(O)=C2C(O)=CCC(=O)C2C(O)(O)C1O. The monoisotopic (exact) mass is 260 g/mol. The zero-order valence-electron chi connectivity index (χ0n) is 9.48. The van der Waals surface area contributed by atoms with E-state index in [4.69, 9.17) is 0 Å². The van der Waals surface area contributed by atoms with Gasteiger partial charge >= 0.3 is 5.88 Å². The van der Waals surface area contributed by atoms with Gasteiger partial charge in [-0.15, -0.1) is 0 Å².